The van der Waals surface area contributed by atoms with Crippen molar-refractivity contribution in [2.45, 2.75) is 13.8 Å². The van der Waals surface area contributed by atoms with Crippen LogP contribution in [0.3, 0.4) is 0 Å². The predicted molar refractivity (Wildman–Crippen MR) is 234 cm³/mol. The Labute approximate surface area is 328 Å². The first kappa shape index (κ1) is 32.8. The van der Waals surface area contributed by atoms with E-state index in [2.05, 4.69) is 144 Å². The van der Waals surface area contributed by atoms with Gasteiger partial charge in [0.1, 0.15) is 11.2 Å². The zero-order valence-corrected chi connectivity index (χ0v) is 31.4. The lowest BCUT2D eigenvalue weighted by molar-refractivity contribution is 0.669. The molecule has 0 saturated heterocycles. The number of furan rings is 1. The van der Waals surface area contributed by atoms with Gasteiger partial charge in [-0.25, -0.2) is 4.98 Å². The maximum absolute atomic E-state index is 6.34. The summed E-state index contributed by atoms with van der Waals surface area (Å²) >= 11 is 0. The van der Waals surface area contributed by atoms with Gasteiger partial charge in [-0.2, -0.15) is 9.97 Å². The standard InChI is InChI=1S/C51H35N5O/c1-3-16-42-32(2)36-29-30-41-38-22-11-14-25-44(38)56(48(41)47(36)55(42)43-24-13-10-21-37(43)33-17-6-4-7-18-33)51-53-49(34-19-8-5-9-20-34)52-50(54-51)35-27-28-40-39-23-12-15-26-45(39)57-46(40)31-35/h3-31H,1-2H3/b16-3-. The minimum atomic E-state index is 0.539. The molecule has 6 nitrogen and oxygen atoms in total. The van der Waals surface area contributed by atoms with Crippen molar-refractivity contribution >= 4 is 60.7 Å². The van der Waals surface area contributed by atoms with E-state index >= 15 is 0 Å². The number of para-hydroxylation sites is 3. The fraction of sp³-hybridized carbons (Fsp3) is 0.0392. The zero-order valence-electron chi connectivity index (χ0n) is 31.4. The van der Waals surface area contributed by atoms with Crippen LogP contribution in [-0.4, -0.2) is 24.1 Å². The fourth-order valence-electron chi connectivity index (χ4n) is 8.52. The molecule has 0 atom stereocenters. The number of aromatic nitrogens is 5. The molecule has 11 rings (SSSR count). The van der Waals surface area contributed by atoms with Gasteiger partial charge in [-0.3, -0.25) is 4.57 Å². The van der Waals surface area contributed by atoms with E-state index in [0.717, 1.165) is 88.3 Å². The second kappa shape index (κ2) is 13.0. The Morgan fingerprint density at radius 3 is 1.91 bits per heavy atom. The first-order valence-corrected chi connectivity index (χ1v) is 19.2. The number of nitrogens with zero attached hydrogens (tertiary/aromatic N) is 5. The van der Waals surface area contributed by atoms with Crippen molar-refractivity contribution in [3.63, 3.8) is 0 Å². The summed E-state index contributed by atoms with van der Waals surface area (Å²) in [4.78, 5) is 15.8. The Hall–Kier alpha value is -7.57. The van der Waals surface area contributed by atoms with Gasteiger partial charge >= 0.3 is 0 Å². The molecular weight excluding hydrogens is 699 g/mol. The van der Waals surface area contributed by atoms with E-state index < -0.39 is 0 Å². The van der Waals surface area contributed by atoms with Gasteiger partial charge in [0.25, 0.3) is 0 Å². The molecule has 0 aliphatic rings. The topological polar surface area (TPSA) is 61.7 Å². The van der Waals surface area contributed by atoms with Crippen molar-refractivity contribution in [2.24, 2.45) is 0 Å². The van der Waals surface area contributed by atoms with Crippen molar-refractivity contribution in [3.8, 4) is 45.5 Å². The molecule has 0 radical (unpaired) electrons. The van der Waals surface area contributed by atoms with Gasteiger partial charge in [-0.05, 0) is 61.4 Å². The van der Waals surface area contributed by atoms with E-state index in [0.29, 0.717) is 17.6 Å². The lowest BCUT2D eigenvalue weighted by atomic mass is 10.0. The van der Waals surface area contributed by atoms with Gasteiger partial charge in [-0.1, -0.05) is 140 Å². The molecule has 0 fully saturated rings. The SMILES string of the molecule is C/C=C\c1c(C)c2ccc3c4ccccc4n(-c4nc(-c5ccccc5)nc(-c5ccc6c(c5)oc5ccccc56)n4)c3c2n1-c1ccccc1-c1ccccc1. The van der Waals surface area contributed by atoms with Crippen LogP contribution in [0, 0.1) is 6.92 Å². The number of benzene rings is 7. The molecule has 270 valence electrons. The van der Waals surface area contributed by atoms with Gasteiger partial charge in [-0.15, -0.1) is 0 Å². The molecule has 0 spiro atoms. The Morgan fingerprint density at radius 2 is 1.11 bits per heavy atom. The molecule has 0 amide bonds. The highest BCUT2D eigenvalue weighted by atomic mass is 16.3. The van der Waals surface area contributed by atoms with Crippen molar-refractivity contribution < 1.29 is 4.42 Å². The highest BCUT2D eigenvalue weighted by molar-refractivity contribution is 6.19. The summed E-state index contributed by atoms with van der Waals surface area (Å²) in [5, 5.41) is 5.54. The predicted octanol–water partition coefficient (Wildman–Crippen LogP) is 13.2. The highest BCUT2D eigenvalue weighted by Crippen LogP contribution is 2.42. The Bertz CT molecular complexity index is 3370. The van der Waals surface area contributed by atoms with Crippen molar-refractivity contribution in [2.75, 3.05) is 0 Å². The van der Waals surface area contributed by atoms with Crippen molar-refractivity contribution in [1.82, 2.24) is 24.1 Å². The van der Waals surface area contributed by atoms with Crippen LogP contribution in [0.4, 0.5) is 0 Å². The molecule has 0 saturated carbocycles. The third-order valence-corrected chi connectivity index (χ3v) is 11.1. The number of allylic oxidation sites excluding steroid dienone is 1. The molecule has 0 N–H and O–H groups in total. The van der Waals surface area contributed by atoms with Crippen LogP contribution in [0.25, 0.3) is 106 Å². The van der Waals surface area contributed by atoms with E-state index in [-0.39, 0.29) is 0 Å². The summed E-state index contributed by atoms with van der Waals surface area (Å²) in [6.07, 6.45) is 4.34. The van der Waals surface area contributed by atoms with E-state index in [4.69, 9.17) is 19.4 Å². The van der Waals surface area contributed by atoms with Crippen LogP contribution in [0.5, 0.6) is 0 Å². The normalized spacial score (nSPS) is 12.0. The fourth-order valence-corrected chi connectivity index (χ4v) is 8.52. The van der Waals surface area contributed by atoms with E-state index in [1.165, 1.54) is 5.56 Å². The summed E-state index contributed by atoms with van der Waals surface area (Å²) in [6.45, 7) is 4.30. The summed E-state index contributed by atoms with van der Waals surface area (Å²) in [6, 6.07) is 56.9. The second-order valence-corrected chi connectivity index (χ2v) is 14.4. The second-order valence-electron chi connectivity index (χ2n) is 14.4. The minimum absolute atomic E-state index is 0.539. The zero-order chi connectivity index (χ0) is 38.0. The monoisotopic (exact) mass is 733 g/mol. The molecule has 4 heterocycles. The molecule has 0 unspecified atom stereocenters. The van der Waals surface area contributed by atoms with Crippen LogP contribution in [0.15, 0.2) is 174 Å². The summed E-state index contributed by atoms with van der Waals surface area (Å²) in [5.41, 5.74) is 12.2. The molecule has 7 aromatic carbocycles. The average molecular weight is 734 g/mol. The van der Waals surface area contributed by atoms with E-state index in [9.17, 15) is 0 Å². The quantitative estimate of drug-likeness (QED) is 0.171. The molecule has 0 aliphatic carbocycles. The lowest BCUT2D eigenvalue weighted by Crippen LogP contribution is -2.07. The minimum Gasteiger partial charge on any atom is -0.456 e. The first-order valence-electron chi connectivity index (χ1n) is 19.2. The van der Waals surface area contributed by atoms with Crippen LogP contribution >= 0.6 is 0 Å². The number of fused-ring (bicyclic) bond motifs is 8. The molecule has 0 aliphatic heterocycles. The summed E-state index contributed by atoms with van der Waals surface area (Å²) in [5.74, 6) is 1.69. The number of hydrogen-bond donors (Lipinski definition) is 0. The van der Waals surface area contributed by atoms with Gasteiger partial charge in [0, 0.05) is 49.3 Å². The Morgan fingerprint density at radius 1 is 0.491 bits per heavy atom. The average Bonchev–Trinajstić information content (AvgIpc) is 3.91. The number of hydrogen-bond acceptors (Lipinski definition) is 4. The van der Waals surface area contributed by atoms with E-state index in [1.807, 2.05) is 54.6 Å². The molecule has 57 heavy (non-hydrogen) atoms. The Kier molecular flexibility index (Phi) is 7.51. The number of aryl methyl sites for hydroxylation is 1. The highest BCUT2D eigenvalue weighted by Gasteiger charge is 2.25. The third-order valence-electron chi connectivity index (χ3n) is 11.1. The summed E-state index contributed by atoms with van der Waals surface area (Å²) < 4.78 is 11.0. The van der Waals surface area contributed by atoms with Gasteiger partial charge < -0.3 is 8.98 Å². The smallest absolute Gasteiger partial charge is 0.238 e. The third kappa shape index (κ3) is 5.15. The van der Waals surface area contributed by atoms with Gasteiger partial charge in [0.2, 0.25) is 5.95 Å². The van der Waals surface area contributed by atoms with Crippen molar-refractivity contribution in [1.29, 1.82) is 0 Å². The first-order chi connectivity index (χ1) is 28.2. The molecule has 4 aromatic heterocycles. The van der Waals surface area contributed by atoms with Crippen LogP contribution < -0.4 is 0 Å². The van der Waals surface area contributed by atoms with Crippen molar-refractivity contribution in [3.05, 3.63) is 181 Å². The molecule has 0 bridgehead atoms. The molecule has 6 heteroatoms. The molecular formula is C51H35N5O. The van der Waals surface area contributed by atoms with E-state index in [1.54, 1.807) is 0 Å². The summed E-state index contributed by atoms with van der Waals surface area (Å²) in [7, 11) is 0. The van der Waals surface area contributed by atoms with Gasteiger partial charge in [0.05, 0.1) is 22.2 Å². The maximum Gasteiger partial charge on any atom is 0.238 e. The Balaban J connectivity index is 1.26. The van der Waals surface area contributed by atoms with Crippen LogP contribution in [0.2, 0.25) is 0 Å². The number of rotatable bonds is 6. The largest absolute Gasteiger partial charge is 0.456 e. The maximum atomic E-state index is 6.34. The van der Waals surface area contributed by atoms with Crippen LogP contribution in [0.1, 0.15) is 18.2 Å². The molecule has 11 aromatic rings. The van der Waals surface area contributed by atoms with Gasteiger partial charge in [0.15, 0.2) is 11.6 Å². The lowest BCUT2D eigenvalue weighted by Gasteiger charge is -2.16. The van der Waals surface area contributed by atoms with Crippen LogP contribution in [-0.2, 0) is 0 Å².